The topological polar surface area (TPSA) is 52.6 Å². The molecule has 0 aliphatic rings. The van der Waals surface area contributed by atoms with Gasteiger partial charge >= 0.3 is 24.3 Å². The van der Waals surface area contributed by atoms with Gasteiger partial charge in [0.25, 0.3) is 0 Å². The van der Waals surface area contributed by atoms with Crippen molar-refractivity contribution in [2.75, 3.05) is 0 Å². The predicted octanol–water partition coefficient (Wildman–Crippen LogP) is 5.29. The van der Waals surface area contributed by atoms with E-state index >= 15 is 0 Å². The molecule has 2 rings (SSSR count). The molecule has 0 bridgehead atoms. The van der Waals surface area contributed by atoms with E-state index in [0.29, 0.717) is 11.1 Å². The minimum atomic E-state index is -4.46. The Bertz CT molecular complexity index is 781. The van der Waals surface area contributed by atoms with E-state index in [1.807, 2.05) is 0 Å². The van der Waals surface area contributed by atoms with Crippen molar-refractivity contribution in [2.45, 2.75) is 38.4 Å². The number of hydrogen-bond donors (Lipinski definition) is 0. The van der Waals surface area contributed by atoms with Gasteiger partial charge in [0.15, 0.2) is 0 Å². The van der Waals surface area contributed by atoms with Crippen LogP contribution in [-0.4, -0.2) is 11.9 Å². The molecule has 0 aliphatic carbocycles. The molecule has 4 nitrogen and oxygen atoms in total. The van der Waals surface area contributed by atoms with Gasteiger partial charge in [-0.2, -0.15) is 26.3 Å². The van der Waals surface area contributed by atoms with Crippen LogP contribution in [0.2, 0.25) is 0 Å². The fourth-order valence-corrected chi connectivity index (χ4v) is 2.26. The van der Waals surface area contributed by atoms with Crippen LogP contribution in [0.5, 0.6) is 0 Å². The Hall–Kier alpha value is -3.04. The van der Waals surface area contributed by atoms with E-state index in [9.17, 15) is 35.9 Å². The number of benzene rings is 2. The van der Waals surface area contributed by atoms with Gasteiger partial charge in [-0.1, -0.05) is 24.3 Å². The molecule has 0 heterocycles. The highest BCUT2D eigenvalue weighted by atomic mass is 19.4. The summed E-state index contributed by atoms with van der Waals surface area (Å²) in [6.45, 7) is -0.505. The Balaban J connectivity index is 1.70. The van der Waals surface area contributed by atoms with Gasteiger partial charge in [0.05, 0.1) is 24.0 Å². The zero-order valence-electron chi connectivity index (χ0n) is 15.3. The lowest BCUT2D eigenvalue weighted by atomic mass is 10.1. The predicted molar refractivity (Wildman–Crippen MR) is 91.7 cm³/mol. The third-order valence-electron chi connectivity index (χ3n) is 3.90. The van der Waals surface area contributed by atoms with Crippen molar-refractivity contribution in [2.24, 2.45) is 0 Å². The van der Waals surface area contributed by atoms with Crippen LogP contribution < -0.4 is 0 Å². The smallest absolute Gasteiger partial charge is 0.416 e. The number of hydrogen-bond acceptors (Lipinski definition) is 4. The van der Waals surface area contributed by atoms with Gasteiger partial charge in [0, 0.05) is 0 Å². The van der Waals surface area contributed by atoms with E-state index in [1.54, 1.807) is 0 Å². The van der Waals surface area contributed by atoms with Gasteiger partial charge in [0.2, 0.25) is 0 Å². The van der Waals surface area contributed by atoms with Crippen LogP contribution in [0, 0.1) is 0 Å². The highest BCUT2D eigenvalue weighted by molar-refractivity contribution is 5.77. The van der Waals surface area contributed by atoms with Crippen LogP contribution in [0.4, 0.5) is 26.3 Å². The summed E-state index contributed by atoms with van der Waals surface area (Å²) in [7, 11) is 0. The maximum atomic E-state index is 12.5. The minimum absolute atomic E-state index is 0.252. The fourth-order valence-electron chi connectivity index (χ4n) is 2.26. The Morgan fingerprint density at radius 2 is 0.900 bits per heavy atom. The number of rotatable bonds is 7. The molecule has 0 atom stereocenters. The molecule has 162 valence electrons. The van der Waals surface area contributed by atoms with Crippen molar-refractivity contribution in [3.8, 4) is 0 Å². The summed E-state index contributed by atoms with van der Waals surface area (Å²) in [6, 6.07) is 8.15. The number of esters is 2. The van der Waals surface area contributed by atoms with Gasteiger partial charge in [-0.25, -0.2) is 0 Å². The summed E-state index contributed by atoms with van der Waals surface area (Å²) in [5, 5.41) is 0. The maximum Gasteiger partial charge on any atom is 0.416 e. The Morgan fingerprint density at radius 1 is 0.600 bits per heavy atom. The summed E-state index contributed by atoms with van der Waals surface area (Å²) < 4.78 is 84.6. The molecule has 2 aromatic carbocycles. The van der Waals surface area contributed by atoms with Gasteiger partial charge in [-0.15, -0.1) is 0 Å². The monoisotopic (exact) mass is 434 g/mol. The lowest BCUT2D eigenvalue weighted by Crippen LogP contribution is -2.11. The molecule has 0 saturated carbocycles. The van der Waals surface area contributed by atoms with Crippen molar-refractivity contribution in [3.63, 3.8) is 0 Å². The van der Waals surface area contributed by atoms with Gasteiger partial charge in [0.1, 0.15) is 13.2 Å². The first kappa shape index (κ1) is 23.2. The second-order valence-electron chi connectivity index (χ2n) is 6.21. The Morgan fingerprint density at radius 3 is 1.17 bits per heavy atom. The lowest BCUT2D eigenvalue weighted by molar-refractivity contribution is -0.151. The average Bonchev–Trinajstić information content (AvgIpc) is 2.68. The molecule has 0 spiro atoms. The molecule has 0 unspecified atom stereocenters. The van der Waals surface area contributed by atoms with Crippen molar-refractivity contribution < 1.29 is 45.4 Å². The summed E-state index contributed by atoms with van der Waals surface area (Å²) in [4.78, 5) is 23.3. The first-order valence-electron chi connectivity index (χ1n) is 8.58. The second kappa shape index (κ2) is 9.64. The van der Waals surface area contributed by atoms with Crippen LogP contribution in [-0.2, 0) is 44.6 Å². The highest BCUT2D eigenvalue weighted by Crippen LogP contribution is 2.30. The molecular formula is C20H16F6O4. The second-order valence-corrected chi connectivity index (χ2v) is 6.21. The third-order valence-corrected chi connectivity index (χ3v) is 3.90. The first-order chi connectivity index (χ1) is 13.9. The van der Waals surface area contributed by atoms with Crippen LogP contribution in [0.1, 0.15) is 35.1 Å². The Labute approximate surface area is 167 Å². The van der Waals surface area contributed by atoms with Gasteiger partial charge in [-0.05, 0) is 35.4 Å². The Kier molecular flexibility index (Phi) is 7.47. The van der Waals surface area contributed by atoms with E-state index in [1.165, 1.54) is 24.3 Å². The van der Waals surface area contributed by atoms with Crippen molar-refractivity contribution in [1.82, 2.24) is 0 Å². The van der Waals surface area contributed by atoms with Crippen molar-refractivity contribution >= 4 is 11.9 Å². The number of carbonyl (C=O) groups is 2. The summed E-state index contributed by atoms with van der Waals surface area (Å²) in [5.41, 5.74) is -0.954. The van der Waals surface area contributed by atoms with Crippen LogP contribution in [0.3, 0.4) is 0 Å². The van der Waals surface area contributed by atoms with E-state index in [4.69, 9.17) is 9.47 Å². The minimum Gasteiger partial charge on any atom is -0.461 e. The summed E-state index contributed by atoms with van der Waals surface area (Å²) >= 11 is 0. The molecule has 0 aliphatic heterocycles. The number of alkyl halides is 6. The molecule has 0 fully saturated rings. The van der Waals surface area contributed by atoms with Crippen molar-refractivity contribution in [1.29, 1.82) is 0 Å². The molecule has 0 radical (unpaired) electrons. The molecule has 0 aromatic heterocycles. The maximum absolute atomic E-state index is 12.5. The molecule has 0 N–H and O–H groups in total. The zero-order valence-corrected chi connectivity index (χ0v) is 15.3. The molecule has 10 heteroatoms. The van der Waals surface area contributed by atoms with Crippen LogP contribution in [0.15, 0.2) is 48.5 Å². The fraction of sp³-hybridized carbons (Fsp3) is 0.300. The first-order valence-corrected chi connectivity index (χ1v) is 8.58. The van der Waals surface area contributed by atoms with Gasteiger partial charge < -0.3 is 9.47 Å². The van der Waals surface area contributed by atoms with Gasteiger partial charge in [-0.3, -0.25) is 9.59 Å². The third kappa shape index (κ3) is 7.41. The SMILES string of the molecule is O=C(CCC(=O)OCc1ccc(C(F)(F)F)cc1)OCc1ccc(C(F)(F)F)cc1. The summed E-state index contributed by atoms with van der Waals surface area (Å²) in [6.07, 6.45) is -9.55. The van der Waals surface area contributed by atoms with E-state index in [0.717, 1.165) is 24.3 Å². The lowest BCUT2D eigenvalue weighted by Gasteiger charge is -2.09. The molecule has 0 amide bonds. The highest BCUT2D eigenvalue weighted by Gasteiger charge is 2.30. The molecule has 2 aromatic rings. The van der Waals surface area contributed by atoms with E-state index < -0.39 is 35.4 Å². The molecule has 30 heavy (non-hydrogen) atoms. The molecular weight excluding hydrogens is 418 g/mol. The number of carbonyl (C=O) groups excluding carboxylic acids is 2. The quantitative estimate of drug-likeness (QED) is 0.439. The van der Waals surface area contributed by atoms with Crippen LogP contribution in [0.25, 0.3) is 0 Å². The normalized spacial score (nSPS) is 11.8. The number of ether oxygens (including phenoxy) is 2. The van der Waals surface area contributed by atoms with Crippen LogP contribution >= 0.6 is 0 Å². The van der Waals surface area contributed by atoms with E-state index in [2.05, 4.69) is 0 Å². The summed E-state index contributed by atoms with van der Waals surface area (Å²) in [5.74, 6) is -1.50. The standard InChI is InChI=1S/C20H16F6O4/c21-19(22,23)15-5-1-13(2-6-15)11-29-17(27)9-10-18(28)30-12-14-3-7-16(8-4-14)20(24,25)26/h1-8H,9-12H2. The number of halogens is 6. The largest absolute Gasteiger partial charge is 0.461 e. The van der Waals surface area contributed by atoms with E-state index in [-0.39, 0.29) is 26.1 Å². The average molecular weight is 434 g/mol. The van der Waals surface area contributed by atoms with Crippen molar-refractivity contribution in [3.05, 3.63) is 70.8 Å². The zero-order chi connectivity index (χ0) is 22.4. The molecule has 0 saturated heterocycles.